The molecule has 0 spiro atoms. The van der Waals surface area contributed by atoms with Gasteiger partial charge in [0.15, 0.2) is 0 Å². The Morgan fingerprint density at radius 2 is 2.05 bits per heavy atom. The summed E-state index contributed by atoms with van der Waals surface area (Å²) >= 11 is 0. The molecule has 0 unspecified atom stereocenters. The molecule has 0 fully saturated rings. The number of benzene rings is 1. The number of anilines is 1. The van der Waals surface area contributed by atoms with Crippen LogP contribution in [0.3, 0.4) is 0 Å². The van der Waals surface area contributed by atoms with Crippen LogP contribution in [0.1, 0.15) is 12.5 Å². The highest BCUT2D eigenvalue weighted by Gasteiger charge is 2.01. The van der Waals surface area contributed by atoms with Crippen LogP contribution in [0.4, 0.5) is 5.69 Å². The van der Waals surface area contributed by atoms with E-state index in [4.69, 9.17) is 4.74 Å². The van der Waals surface area contributed by atoms with Crippen LogP contribution in [0.2, 0.25) is 0 Å². The zero-order valence-corrected chi connectivity index (χ0v) is 11.9. The number of nitrogens with one attached hydrogen (secondary N) is 1. The topological polar surface area (TPSA) is 47.0 Å². The molecule has 4 heteroatoms. The van der Waals surface area contributed by atoms with E-state index in [1.54, 1.807) is 6.20 Å². The SMILES string of the molecule is CCOc1ccc(NCc2cccc3cnccc23)cn1. The first kappa shape index (κ1) is 13.4. The van der Waals surface area contributed by atoms with Crippen LogP contribution < -0.4 is 10.1 Å². The molecule has 0 saturated heterocycles. The van der Waals surface area contributed by atoms with Crippen molar-refractivity contribution in [1.29, 1.82) is 0 Å². The van der Waals surface area contributed by atoms with Gasteiger partial charge >= 0.3 is 0 Å². The Balaban J connectivity index is 1.74. The van der Waals surface area contributed by atoms with Crippen molar-refractivity contribution in [1.82, 2.24) is 9.97 Å². The molecular weight excluding hydrogens is 262 g/mol. The summed E-state index contributed by atoms with van der Waals surface area (Å²) in [5.41, 5.74) is 2.22. The van der Waals surface area contributed by atoms with Crippen LogP contribution in [0.15, 0.2) is 55.0 Å². The third kappa shape index (κ3) is 3.11. The van der Waals surface area contributed by atoms with Gasteiger partial charge in [0.2, 0.25) is 5.88 Å². The maximum absolute atomic E-state index is 5.34. The summed E-state index contributed by atoms with van der Waals surface area (Å²) in [5, 5.41) is 5.76. The highest BCUT2D eigenvalue weighted by Crippen LogP contribution is 2.19. The maximum Gasteiger partial charge on any atom is 0.213 e. The van der Waals surface area contributed by atoms with Gasteiger partial charge in [0.1, 0.15) is 0 Å². The third-order valence-electron chi connectivity index (χ3n) is 3.28. The zero-order chi connectivity index (χ0) is 14.5. The van der Waals surface area contributed by atoms with Crippen molar-refractivity contribution in [3.8, 4) is 5.88 Å². The maximum atomic E-state index is 5.34. The summed E-state index contributed by atoms with van der Waals surface area (Å²) < 4.78 is 5.34. The lowest BCUT2D eigenvalue weighted by atomic mass is 10.1. The lowest BCUT2D eigenvalue weighted by Gasteiger charge is -2.09. The van der Waals surface area contributed by atoms with Gasteiger partial charge in [-0.2, -0.15) is 0 Å². The summed E-state index contributed by atoms with van der Waals surface area (Å²) in [4.78, 5) is 8.40. The predicted octanol–water partition coefficient (Wildman–Crippen LogP) is 3.64. The molecule has 0 aliphatic heterocycles. The molecule has 2 heterocycles. The number of aromatic nitrogens is 2. The molecule has 0 saturated carbocycles. The van der Waals surface area contributed by atoms with E-state index in [1.165, 1.54) is 10.9 Å². The largest absolute Gasteiger partial charge is 0.478 e. The van der Waals surface area contributed by atoms with E-state index in [0.717, 1.165) is 17.6 Å². The van der Waals surface area contributed by atoms with E-state index in [-0.39, 0.29) is 0 Å². The minimum atomic E-state index is 0.629. The molecule has 0 aliphatic rings. The Kier molecular flexibility index (Phi) is 3.96. The van der Waals surface area contributed by atoms with Crippen molar-refractivity contribution >= 4 is 16.5 Å². The molecule has 1 aromatic carbocycles. The number of nitrogens with zero attached hydrogens (tertiary/aromatic N) is 2. The Bertz CT molecular complexity index is 720. The second-order valence-electron chi connectivity index (χ2n) is 4.69. The Morgan fingerprint density at radius 1 is 1.10 bits per heavy atom. The van der Waals surface area contributed by atoms with Gasteiger partial charge in [0.05, 0.1) is 18.5 Å². The molecule has 1 N–H and O–H groups in total. The minimum absolute atomic E-state index is 0.629. The molecule has 2 aromatic heterocycles. The van der Waals surface area contributed by atoms with Crippen LogP contribution in [0.25, 0.3) is 10.8 Å². The molecule has 106 valence electrons. The van der Waals surface area contributed by atoms with Gasteiger partial charge < -0.3 is 10.1 Å². The summed E-state index contributed by atoms with van der Waals surface area (Å²) in [6.07, 6.45) is 5.50. The smallest absolute Gasteiger partial charge is 0.213 e. The van der Waals surface area contributed by atoms with Crippen molar-refractivity contribution in [2.75, 3.05) is 11.9 Å². The van der Waals surface area contributed by atoms with E-state index < -0.39 is 0 Å². The van der Waals surface area contributed by atoms with Gasteiger partial charge in [0.25, 0.3) is 0 Å². The van der Waals surface area contributed by atoms with Crippen molar-refractivity contribution in [3.05, 3.63) is 60.6 Å². The second-order valence-corrected chi connectivity index (χ2v) is 4.69. The molecule has 3 aromatic rings. The lowest BCUT2D eigenvalue weighted by molar-refractivity contribution is 0.327. The second kappa shape index (κ2) is 6.22. The minimum Gasteiger partial charge on any atom is -0.478 e. The van der Waals surface area contributed by atoms with Gasteiger partial charge in [0, 0.05) is 30.4 Å². The van der Waals surface area contributed by atoms with E-state index in [1.807, 2.05) is 37.5 Å². The van der Waals surface area contributed by atoms with Crippen LogP contribution in [0, 0.1) is 0 Å². The first-order chi connectivity index (χ1) is 10.4. The van der Waals surface area contributed by atoms with Crippen LogP contribution in [-0.2, 0) is 6.54 Å². The highest BCUT2D eigenvalue weighted by atomic mass is 16.5. The molecule has 0 atom stereocenters. The van der Waals surface area contributed by atoms with E-state index in [9.17, 15) is 0 Å². The fraction of sp³-hybridized carbons (Fsp3) is 0.176. The van der Waals surface area contributed by atoms with Crippen molar-refractivity contribution in [2.45, 2.75) is 13.5 Å². The van der Waals surface area contributed by atoms with Gasteiger partial charge in [-0.3, -0.25) is 4.98 Å². The molecule has 0 radical (unpaired) electrons. The first-order valence-electron chi connectivity index (χ1n) is 7.01. The molecular formula is C17H17N3O. The van der Waals surface area contributed by atoms with Crippen LogP contribution in [0.5, 0.6) is 5.88 Å². The third-order valence-corrected chi connectivity index (χ3v) is 3.28. The summed E-state index contributed by atoms with van der Waals surface area (Å²) in [6.45, 7) is 3.32. The van der Waals surface area contributed by atoms with Crippen molar-refractivity contribution < 1.29 is 4.74 Å². The van der Waals surface area contributed by atoms with Crippen LogP contribution in [-0.4, -0.2) is 16.6 Å². The number of hydrogen-bond donors (Lipinski definition) is 1. The van der Waals surface area contributed by atoms with Gasteiger partial charge in [-0.1, -0.05) is 18.2 Å². The normalized spacial score (nSPS) is 10.5. The quantitative estimate of drug-likeness (QED) is 0.774. The Labute approximate surface area is 123 Å². The van der Waals surface area contributed by atoms with E-state index in [2.05, 4.69) is 33.5 Å². The number of ether oxygens (including phenoxy) is 1. The summed E-state index contributed by atoms with van der Waals surface area (Å²) in [5.74, 6) is 0.652. The summed E-state index contributed by atoms with van der Waals surface area (Å²) in [6, 6.07) is 12.1. The molecule has 0 bridgehead atoms. The molecule has 3 rings (SSSR count). The average molecular weight is 279 g/mol. The fourth-order valence-corrected chi connectivity index (χ4v) is 2.26. The van der Waals surface area contributed by atoms with Crippen molar-refractivity contribution in [3.63, 3.8) is 0 Å². The number of fused-ring (bicyclic) bond motifs is 1. The zero-order valence-electron chi connectivity index (χ0n) is 11.9. The molecule has 0 amide bonds. The molecule has 0 aliphatic carbocycles. The van der Waals surface area contributed by atoms with E-state index >= 15 is 0 Å². The molecule has 21 heavy (non-hydrogen) atoms. The van der Waals surface area contributed by atoms with Gasteiger partial charge in [-0.05, 0) is 30.0 Å². The molecule has 4 nitrogen and oxygen atoms in total. The fourth-order valence-electron chi connectivity index (χ4n) is 2.26. The van der Waals surface area contributed by atoms with E-state index in [0.29, 0.717) is 12.5 Å². The Morgan fingerprint density at radius 3 is 2.86 bits per heavy atom. The van der Waals surface area contributed by atoms with Gasteiger partial charge in [-0.15, -0.1) is 0 Å². The highest BCUT2D eigenvalue weighted by molar-refractivity contribution is 5.84. The Hall–Kier alpha value is -2.62. The number of rotatable bonds is 5. The van der Waals surface area contributed by atoms with Crippen LogP contribution >= 0.6 is 0 Å². The standard InChI is InChI=1S/C17H17N3O/c1-2-21-17-7-6-15(12-20-17)19-11-14-5-3-4-13-10-18-9-8-16(13)14/h3-10,12,19H,2,11H2,1H3. The predicted molar refractivity (Wildman–Crippen MR) is 84.5 cm³/mol. The monoisotopic (exact) mass is 279 g/mol. The summed E-state index contributed by atoms with van der Waals surface area (Å²) in [7, 11) is 0. The van der Waals surface area contributed by atoms with Crippen molar-refractivity contribution in [2.24, 2.45) is 0 Å². The number of pyridine rings is 2. The number of hydrogen-bond acceptors (Lipinski definition) is 4. The lowest BCUT2D eigenvalue weighted by Crippen LogP contribution is -2.01. The average Bonchev–Trinajstić information content (AvgIpc) is 2.54. The first-order valence-corrected chi connectivity index (χ1v) is 7.01. The van der Waals surface area contributed by atoms with Gasteiger partial charge in [-0.25, -0.2) is 4.98 Å².